The molecule has 1 amide bonds. The Hall–Kier alpha value is -1.70. The molecule has 0 aliphatic heterocycles. The van der Waals surface area contributed by atoms with Crippen molar-refractivity contribution in [1.29, 1.82) is 0 Å². The Bertz CT molecular complexity index is 806. The smallest absolute Gasteiger partial charge is 0.242 e. The molecule has 0 unspecified atom stereocenters. The van der Waals surface area contributed by atoms with Crippen LogP contribution in [0.1, 0.15) is 12.5 Å². The van der Waals surface area contributed by atoms with Crippen LogP contribution in [0.2, 0.25) is 0 Å². The monoisotopic (exact) mass is 396 g/mol. The summed E-state index contributed by atoms with van der Waals surface area (Å²) in [5.41, 5.74) is 1.74. The van der Waals surface area contributed by atoms with E-state index in [9.17, 15) is 13.2 Å². The van der Waals surface area contributed by atoms with Crippen molar-refractivity contribution in [3.63, 3.8) is 0 Å². The van der Waals surface area contributed by atoms with Gasteiger partial charge >= 0.3 is 0 Å². The molecule has 0 saturated heterocycles. The number of anilines is 1. The topological polar surface area (TPSA) is 75.3 Å². The van der Waals surface area contributed by atoms with Crippen molar-refractivity contribution in [2.75, 3.05) is 11.9 Å². The maximum Gasteiger partial charge on any atom is 0.242 e. The van der Waals surface area contributed by atoms with E-state index in [4.69, 9.17) is 0 Å². The second-order valence-corrected chi connectivity index (χ2v) is 7.45. The van der Waals surface area contributed by atoms with E-state index in [0.717, 1.165) is 12.0 Å². The zero-order valence-electron chi connectivity index (χ0n) is 12.5. The highest BCUT2D eigenvalue weighted by molar-refractivity contribution is 9.10. The molecule has 0 radical (unpaired) electrons. The van der Waals surface area contributed by atoms with Gasteiger partial charge in [-0.15, -0.1) is 0 Å². The second kappa shape index (κ2) is 7.72. The first-order valence-electron chi connectivity index (χ1n) is 7.05. The van der Waals surface area contributed by atoms with Gasteiger partial charge < -0.3 is 5.32 Å². The summed E-state index contributed by atoms with van der Waals surface area (Å²) < 4.78 is 27.1. The second-order valence-electron chi connectivity index (χ2n) is 4.86. The van der Waals surface area contributed by atoms with Gasteiger partial charge in [0.05, 0.1) is 11.4 Å². The van der Waals surface area contributed by atoms with Crippen molar-refractivity contribution < 1.29 is 13.2 Å². The third-order valence-corrected chi connectivity index (χ3v) is 5.58. The van der Waals surface area contributed by atoms with Crippen molar-refractivity contribution in [1.82, 2.24) is 4.72 Å². The number of nitrogens with one attached hydrogen (secondary N) is 2. The molecule has 0 aliphatic carbocycles. The number of carbonyl (C=O) groups excluding carboxylic acids is 1. The lowest BCUT2D eigenvalue weighted by molar-refractivity contribution is -0.115. The lowest BCUT2D eigenvalue weighted by Gasteiger charge is -2.09. The van der Waals surface area contributed by atoms with Gasteiger partial charge in [0.1, 0.15) is 0 Å². The molecule has 0 fully saturated rings. The third-order valence-electron chi connectivity index (χ3n) is 3.17. The molecule has 0 aliphatic rings. The predicted octanol–water partition coefficient (Wildman–Crippen LogP) is 2.93. The van der Waals surface area contributed by atoms with Crippen LogP contribution >= 0.6 is 15.9 Å². The van der Waals surface area contributed by atoms with Crippen molar-refractivity contribution in [3.8, 4) is 0 Å². The fraction of sp³-hybridized carbons (Fsp3) is 0.188. The summed E-state index contributed by atoms with van der Waals surface area (Å²) in [6.45, 7) is 1.69. The zero-order chi connectivity index (χ0) is 16.9. The molecule has 0 saturated carbocycles. The van der Waals surface area contributed by atoms with Gasteiger partial charge in [0.2, 0.25) is 15.9 Å². The van der Waals surface area contributed by atoms with Crippen LogP contribution in [-0.2, 0) is 21.2 Å². The Morgan fingerprint density at radius 3 is 2.57 bits per heavy atom. The van der Waals surface area contributed by atoms with Gasteiger partial charge in [0, 0.05) is 10.2 Å². The first kappa shape index (κ1) is 17.7. The average molecular weight is 397 g/mol. The lowest BCUT2D eigenvalue weighted by Crippen LogP contribution is -2.33. The highest BCUT2D eigenvalue weighted by Gasteiger charge is 2.18. The first-order chi connectivity index (χ1) is 10.9. The van der Waals surface area contributed by atoms with Crippen molar-refractivity contribution in [2.24, 2.45) is 0 Å². The van der Waals surface area contributed by atoms with Crippen molar-refractivity contribution >= 4 is 37.5 Å². The minimum Gasteiger partial charge on any atom is -0.325 e. The minimum absolute atomic E-state index is 0.0979. The van der Waals surface area contributed by atoms with Crippen molar-refractivity contribution in [2.45, 2.75) is 18.2 Å². The minimum atomic E-state index is -3.75. The Labute approximate surface area is 144 Å². The molecule has 0 atom stereocenters. The number of sulfonamides is 1. The number of halogens is 1. The van der Waals surface area contributed by atoms with Gasteiger partial charge in [0.25, 0.3) is 0 Å². The van der Waals surface area contributed by atoms with Gasteiger partial charge in [-0.3, -0.25) is 4.79 Å². The van der Waals surface area contributed by atoms with Crippen LogP contribution in [0.25, 0.3) is 0 Å². The fourth-order valence-corrected chi connectivity index (χ4v) is 3.96. The number of carbonyl (C=O) groups is 1. The molecule has 0 bridgehead atoms. The molecule has 5 nitrogen and oxygen atoms in total. The SMILES string of the molecule is CCc1cccc(NC(=O)CNS(=O)(=O)c2ccccc2Br)c1. The maximum absolute atomic E-state index is 12.2. The maximum atomic E-state index is 12.2. The van der Waals surface area contributed by atoms with E-state index in [1.807, 2.05) is 25.1 Å². The first-order valence-corrected chi connectivity index (χ1v) is 9.33. The summed E-state index contributed by atoms with van der Waals surface area (Å²) in [5.74, 6) is -0.422. The number of benzene rings is 2. The summed E-state index contributed by atoms with van der Waals surface area (Å²) in [6, 6.07) is 13.9. The molecule has 122 valence electrons. The highest BCUT2D eigenvalue weighted by Crippen LogP contribution is 2.20. The van der Waals surface area contributed by atoms with Gasteiger partial charge in [0.15, 0.2) is 0 Å². The van der Waals surface area contributed by atoms with Crippen LogP contribution < -0.4 is 10.0 Å². The van der Waals surface area contributed by atoms with Crippen molar-refractivity contribution in [3.05, 3.63) is 58.6 Å². The molecule has 0 aromatic heterocycles. The fourth-order valence-electron chi connectivity index (χ4n) is 1.98. The van der Waals surface area contributed by atoms with Gasteiger partial charge in [-0.1, -0.05) is 31.2 Å². The number of amides is 1. The predicted molar refractivity (Wildman–Crippen MR) is 93.8 cm³/mol. The van der Waals surface area contributed by atoms with E-state index < -0.39 is 15.9 Å². The summed E-state index contributed by atoms with van der Waals surface area (Å²) in [5, 5.41) is 2.68. The molecular weight excluding hydrogens is 380 g/mol. The van der Waals surface area contributed by atoms with Crippen LogP contribution in [-0.4, -0.2) is 20.9 Å². The number of aryl methyl sites for hydroxylation is 1. The van der Waals surface area contributed by atoms with E-state index in [1.165, 1.54) is 6.07 Å². The number of hydrogen-bond acceptors (Lipinski definition) is 3. The Balaban J connectivity index is 2.00. The van der Waals surface area contributed by atoms with E-state index in [1.54, 1.807) is 24.3 Å². The largest absolute Gasteiger partial charge is 0.325 e. The van der Waals surface area contributed by atoms with Crippen LogP contribution in [0.5, 0.6) is 0 Å². The molecule has 0 spiro atoms. The van der Waals surface area contributed by atoms with Gasteiger partial charge in [-0.05, 0) is 52.2 Å². The molecule has 2 rings (SSSR count). The van der Waals surface area contributed by atoms with Gasteiger partial charge in [-0.2, -0.15) is 0 Å². The Morgan fingerprint density at radius 1 is 1.13 bits per heavy atom. The number of rotatable bonds is 6. The normalized spacial score (nSPS) is 11.2. The van der Waals surface area contributed by atoms with Crippen LogP contribution in [0.3, 0.4) is 0 Å². The lowest BCUT2D eigenvalue weighted by atomic mass is 10.1. The summed E-state index contributed by atoms with van der Waals surface area (Å²) in [4.78, 5) is 12.0. The molecular formula is C16H17BrN2O3S. The zero-order valence-corrected chi connectivity index (χ0v) is 14.9. The molecule has 2 aromatic rings. The summed E-state index contributed by atoms with van der Waals surface area (Å²) in [6.07, 6.45) is 0.859. The molecule has 7 heteroatoms. The Kier molecular flexibility index (Phi) is 5.92. The Morgan fingerprint density at radius 2 is 1.87 bits per heavy atom. The third kappa shape index (κ3) is 4.89. The van der Waals surface area contributed by atoms with Gasteiger partial charge in [-0.25, -0.2) is 13.1 Å². The standard InChI is InChI=1S/C16H17BrN2O3S/c1-2-12-6-5-7-13(10-12)19-16(20)11-18-23(21,22)15-9-4-3-8-14(15)17/h3-10,18H,2,11H2,1H3,(H,19,20). The summed E-state index contributed by atoms with van der Waals surface area (Å²) >= 11 is 3.19. The average Bonchev–Trinajstić information content (AvgIpc) is 2.53. The molecule has 2 aromatic carbocycles. The highest BCUT2D eigenvalue weighted by atomic mass is 79.9. The molecule has 2 N–H and O–H groups in total. The van der Waals surface area contributed by atoms with Crippen LogP contribution in [0.15, 0.2) is 57.9 Å². The quantitative estimate of drug-likeness (QED) is 0.787. The van der Waals surface area contributed by atoms with E-state index >= 15 is 0 Å². The van der Waals surface area contributed by atoms with E-state index in [0.29, 0.717) is 10.2 Å². The molecule has 23 heavy (non-hydrogen) atoms. The van der Waals surface area contributed by atoms with E-state index in [2.05, 4.69) is 26.0 Å². The van der Waals surface area contributed by atoms with Crippen LogP contribution in [0.4, 0.5) is 5.69 Å². The summed E-state index contributed by atoms with van der Waals surface area (Å²) in [7, 11) is -3.75. The molecule has 0 heterocycles. The number of hydrogen-bond donors (Lipinski definition) is 2. The van der Waals surface area contributed by atoms with Crippen LogP contribution in [0, 0.1) is 0 Å². The van der Waals surface area contributed by atoms with E-state index in [-0.39, 0.29) is 11.4 Å².